The highest BCUT2D eigenvalue weighted by Gasteiger charge is 2.25. The topological polar surface area (TPSA) is 51.3 Å². The third-order valence-electron chi connectivity index (χ3n) is 2.59. The molecule has 1 fully saturated rings. The molecule has 1 heterocycles. The van der Waals surface area contributed by atoms with Gasteiger partial charge in [-0.1, -0.05) is 12.1 Å². The molecule has 1 aliphatic carbocycles. The van der Waals surface area contributed by atoms with Gasteiger partial charge in [-0.2, -0.15) is 4.37 Å². The molecule has 1 aromatic heterocycles. The van der Waals surface area contributed by atoms with E-state index in [2.05, 4.69) is 15.4 Å². The van der Waals surface area contributed by atoms with Gasteiger partial charge in [0.05, 0.1) is 4.70 Å². The Bertz CT molecular complexity index is 525. The molecule has 1 saturated carbocycles. The quantitative estimate of drug-likeness (QED) is 0.621. The molecule has 0 aliphatic heterocycles. The molecule has 4 heteroatoms. The van der Waals surface area contributed by atoms with Crippen LogP contribution in [0.2, 0.25) is 0 Å². The zero-order valence-corrected chi connectivity index (χ0v) is 9.00. The maximum atomic E-state index is 5.88. The number of nitrogens with two attached hydrogens (primary N) is 1. The number of hydrogen-bond acceptors (Lipinski definition) is 3. The van der Waals surface area contributed by atoms with Crippen LogP contribution in [0, 0.1) is 5.92 Å². The largest absolute Gasteiger partial charge is 0.387 e. The van der Waals surface area contributed by atoms with Crippen molar-refractivity contribution in [1.82, 2.24) is 4.37 Å². The number of aliphatic imine (C=N–C) groups is 1. The van der Waals surface area contributed by atoms with Crippen molar-refractivity contribution >= 4 is 33.3 Å². The van der Waals surface area contributed by atoms with Gasteiger partial charge in [-0.25, -0.2) is 4.99 Å². The minimum atomic E-state index is 0.505. The van der Waals surface area contributed by atoms with Gasteiger partial charge in [0, 0.05) is 11.3 Å². The lowest BCUT2D eigenvalue weighted by Gasteiger charge is -1.94. The first-order valence-electron chi connectivity index (χ1n) is 5.03. The van der Waals surface area contributed by atoms with E-state index in [-0.39, 0.29) is 0 Å². The average molecular weight is 217 g/mol. The van der Waals surface area contributed by atoms with Gasteiger partial charge in [0.15, 0.2) is 5.82 Å². The van der Waals surface area contributed by atoms with Crippen molar-refractivity contribution in [3.05, 3.63) is 24.3 Å². The van der Waals surface area contributed by atoms with Gasteiger partial charge in [0.25, 0.3) is 0 Å². The monoisotopic (exact) mass is 217 g/mol. The Hall–Kier alpha value is -1.42. The summed E-state index contributed by atoms with van der Waals surface area (Å²) in [5.74, 6) is 2.02. The van der Waals surface area contributed by atoms with Gasteiger partial charge >= 0.3 is 0 Å². The molecular formula is C11H11N3S. The van der Waals surface area contributed by atoms with Crippen molar-refractivity contribution in [2.24, 2.45) is 16.6 Å². The van der Waals surface area contributed by atoms with Crippen LogP contribution in [0.1, 0.15) is 12.8 Å². The van der Waals surface area contributed by atoms with Crippen molar-refractivity contribution in [1.29, 1.82) is 0 Å². The Morgan fingerprint density at radius 3 is 3.00 bits per heavy atom. The van der Waals surface area contributed by atoms with E-state index in [9.17, 15) is 0 Å². The predicted octanol–water partition coefficient (Wildman–Crippen LogP) is 2.70. The number of benzene rings is 1. The maximum Gasteiger partial charge on any atom is 0.175 e. The molecule has 15 heavy (non-hydrogen) atoms. The van der Waals surface area contributed by atoms with Crippen LogP contribution in [0.4, 0.5) is 5.82 Å². The molecule has 2 N–H and O–H groups in total. The van der Waals surface area contributed by atoms with E-state index in [1.54, 1.807) is 0 Å². The lowest BCUT2D eigenvalue weighted by molar-refractivity contribution is 1.15. The number of rotatable bonds is 2. The Balaban J connectivity index is 2.07. The molecule has 0 saturated heterocycles. The molecular weight excluding hydrogens is 206 g/mol. The second-order valence-corrected chi connectivity index (χ2v) is 4.62. The van der Waals surface area contributed by atoms with Gasteiger partial charge in [0.2, 0.25) is 0 Å². The fraction of sp³-hybridized carbons (Fsp3) is 0.273. The molecule has 1 aromatic carbocycles. The van der Waals surface area contributed by atoms with Crippen molar-refractivity contribution in [2.75, 3.05) is 0 Å². The third-order valence-corrected chi connectivity index (χ3v) is 3.41. The number of fused-ring (bicyclic) bond motifs is 1. The summed E-state index contributed by atoms with van der Waals surface area (Å²) in [4.78, 5) is 4.40. The summed E-state index contributed by atoms with van der Waals surface area (Å²) < 4.78 is 5.49. The van der Waals surface area contributed by atoms with Crippen LogP contribution in [-0.2, 0) is 0 Å². The van der Waals surface area contributed by atoms with Crippen LogP contribution >= 0.6 is 11.5 Å². The maximum absolute atomic E-state index is 5.88. The minimum absolute atomic E-state index is 0.505. The van der Waals surface area contributed by atoms with Gasteiger partial charge < -0.3 is 5.73 Å². The molecule has 2 aromatic rings. The fourth-order valence-corrected chi connectivity index (χ4v) is 2.27. The average Bonchev–Trinajstić information content (AvgIpc) is 3.03. The van der Waals surface area contributed by atoms with E-state index in [1.807, 2.05) is 18.2 Å². The second kappa shape index (κ2) is 3.31. The van der Waals surface area contributed by atoms with Gasteiger partial charge in [-0.3, -0.25) is 0 Å². The van der Waals surface area contributed by atoms with Crippen molar-refractivity contribution in [2.45, 2.75) is 12.8 Å². The van der Waals surface area contributed by atoms with E-state index < -0.39 is 0 Å². The van der Waals surface area contributed by atoms with Crippen LogP contribution in [0.3, 0.4) is 0 Å². The summed E-state index contributed by atoms with van der Waals surface area (Å²) >= 11 is 1.48. The van der Waals surface area contributed by atoms with Crippen molar-refractivity contribution in [3.63, 3.8) is 0 Å². The molecule has 0 bridgehead atoms. The third kappa shape index (κ3) is 1.61. The van der Waals surface area contributed by atoms with Crippen LogP contribution in [0.15, 0.2) is 29.3 Å². The molecule has 0 atom stereocenters. The lowest BCUT2D eigenvalue weighted by Crippen LogP contribution is -2.13. The smallest absolute Gasteiger partial charge is 0.175 e. The summed E-state index contributed by atoms with van der Waals surface area (Å²) in [7, 11) is 0. The molecule has 0 spiro atoms. The van der Waals surface area contributed by atoms with Gasteiger partial charge in [0.1, 0.15) is 5.84 Å². The van der Waals surface area contributed by atoms with Gasteiger partial charge in [-0.15, -0.1) is 0 Å². The van der Waals surface area contributed by atoms with Crippen LogP contribution in [-0.4, -0.2) is 10.2 Å². The minimum Gasteiger partial charge on any atom is -0.387 e. The second-order valence-electron chi connectivity index (χ2n) is 3.81. The molecule has 1 aliphatic rings. The summed E-state index contributed by atoms with van der Waals surface area (Å²) in [5, 5.41) is 1.10. The highest BCUT2D eigenvalue weighted by Crippen LogP contribution is 2.32. The normalized spacial score (nSPS) is 17.2. The highest BCUT2D eigenvalue weighted by atomic mass is 32.1. The first-order chi connectivity index (χ1) is 7.34. The Morgan fingerprint density at radius 1 is 1.40 bits per heavy atom. The van der Waals surface area contributed by atoms with Crippen molar-refractivity contribution in [3.8, 4) is 0 Å². The van der Waals surface area contributed by atoms with Gasteiger partial charge in [-0.05, 0) is 36.5 Å². The van der Waals surface area contributed by atoms with E-state index >= 15 is 0 Å². The number of aromatic nitrogens is 1. The summed E-state index contributed by atoms with van der Waals surface area (Å²) in [6.45, 7) is 0. The number of nitrogens with zero attached hydrogens (tertiary/aromatic N) is 2. The van der Waals surface area contributed by atoms with E-state index in [0.29, 0.717) is 5.92 Å². The first kappa shape index (κ1) is 8.85. The molecule has 76 valence electrons. The Kier molecular flexibility index (Phi) is 1.95. The summed E-state index contributed by atoms with van der Waals surface area (Å²) in [6, 6.07) is 8.11. The Morgan fingerprint density at radius 2 is 2.20 bits per heavy atom. The fourth-order valence-electron chi connectivity index (χ4n) is 1.55. The number of hydrogen-bond donors (Lipinski definition) is 1. The Labute approximate surface area is 91.8 Å². The van der Waals surface area contributed by atoms with Crippen LogP contribution in [0.25, 0.3) is 10.1 Å². The molecule has 0 radical (unpaired) electrons. The lowest BCUT2D eigenvalue weighted by atomic mass is 10.2. The number of amidine groups is 1. The first-order valence-corrected chi connectivity index (χ1v) is 5.80. The van der Waals surface area contributed by atoms with Crippen LogP contribution < -0.4 is 5.73 Å². The SMILES string of the molecule is NC(=Nc1nsc2ccccc12)C1CC1. The van der Waals surface area contributed by atoms with Crippen molar-refractivity contribution < 1.29 is 0 Å². The summed E-state index contributed by atoms with van der Waals surface area (Å²) in [5.41, 5.74) is 5.88. The summed E-state index contributed by atoms with van der Waals surface area (Å²) in [6.07, 6.45) is 2.36. The highest BCUT2D eigenvalue weighted by molar-refractivity contribution is 7.13. The zero-order chi connectivity index (χ0) is 10.3. The standard InChI is InChI=1S/C11H11N3S/c12-10(7-5-6-7)13-11-8-3-1-2-4-9(8)15-14-11/h1-4,7H,5-6H2,(H2,12,13,14). The zero-order valence-electron chi connectivity index (χ0n) is 8.18. The molecule has 0 amide bonds. The predicted molar refractivity (Wildman–Crippen MR) is 63.6 cm³/mol. The molecule has 3 rings (SSSR count). The van der Waals surface area contributed by atoms with E-state index in [1.165, 1.54) is 29.1 Å². The van der Waals surface area contributed by atoms with E-state index in [4.69, 9.17) is 5.73 Å². The van der Waals surface area contributed by atoms with Crippen LogP contribution in [0.5, 0.6) is 0 Å². The molecule has 3 nitrogen and oxygen atoms in total. The van der Waals surface area contributed by atoms with E-state index in [0.717, 1.165) is 17.0 Å². The molecule has 0 unspecified atom stereocenters.